The Morgan fingerprint density at radius 2 is 2.11 bits per heavy atom. The second-order valence-electron chi connectivity index (χ2n) is 5.52. The van der Waals surface area contributed by atoms with Gasteiger partial charge in [0.05, 0.1) is 4.47 Å². The second kappa shape index (κ2) is 6.82. The molecule has 1 fully saturated rings. The van der Waals surface area contributed by atoms with Gasteiger partial charge in [-0.25, -0.2) is 4.39 Å². The summed E-state index contributed by atoms with van der Waals surface area (Å²) < 4.78 is 14.1. The van der Waals surface area contributed by atoms with Gasteiger partial charge in [0.1, 0.15) is 5.82 Å². The highest BCUT2D eigenvalue weighted by molar-refractivity contribution is 9.10. The van der Waals surface area contributed by atoms with Gasteiger partial charge in [-0.2, -0.15) is 0 Å². The van der Waals surface area contributed by atoms with Crippen LogP contribution in [-0.2, 0) is 0 Å². The van der Waals surface area contributed by atoms with Gasteiger partial charge in [-0.1, -0.05) is 18.9 Å². The average Bonchev–Trinajstić information content (AvgIpc) is 2.87. The fourth-order valence-electron chi connectivity index (χ4n) is 3.02. The lowest BCUT2D eigenvalue weighted by Gasteiger charge is -2.29. The van der Waals surface area contributed by atoms with Crippen molar-refractivity contribution in [3.05, 3.63) is 34.1 Å². The Morgan fingerprint density at radius 3 is 2.68 bits per heavy atom. The van der Waals surface area contributed by atoms with E-state index in [-0.39, 0.29) is 11.9 Å². The second-order valence-corrected chi connectivity index (χ2v) is 6.37. The van der Waals surface area contributed by atoms with Crippen LogP contribution in [0.2, 0.25) is 0 Å². The summed E-state index contributed by atoms with van der Waals surface area (Å²) in [6, 6.07) is 5.41. The molecule has 0 radical (unpaired) electrons. The number of likely N-dealkylation sites (N-methyl/N-ethyl adjacent to an activating group) is 1. The molecule has 0 heterocycles. The Kier molecular flexibility index (Phi) is 5.37. The van der Waals surface area contributed by atoms with E-state index in [1.165, 1.54) is 25.7 Å². The molecule has 0 aliphatic heterocycles. The lowest BCUT2D eigenvalue weighted by atomic mass is 10.0. The molecule has 2 N–H and O–H groups in total. The molecule has 1 unspecified atom stereocenters. The number of nitrogens with two attached hydrogens (primary N) is 1. The summed E-state index contributed by atoms with van der Waals surface area (Å²) in [5, 5.41) is 0. The summed E-state index contributed by atoms with van der Waals surface area (Å²) in [6.45, 7) is 1.57. The zero-order valence-corrected chi connectivity index (χ0v) is 13.0. The molecular weight excluding hydrogens is 307 g/mol. The molecule has 0 saturated heterocycles. The first-order valence-corrected chi connectivity index (χ1v) is 7.76. The minimum atomic E-state index is -0.217. The third-order valence-electron chi connectivity index (χ3n) is 4.10. The van der Waals surface area contributed by atoms with E-state index in [9.17, 15) is 4.39 Å². The van der Waals surface area contributed by atoms with Crippen molar-refractivity contribution < 1.29 is 4.39 Å². The van der Waals surface area contributed by atoms with Crippen molar-refractivity contribution in [3.63, 3.8) is 0 Å². The lowest BCUT2D eigenvalue weighted by molar-refractivity contribution is 0.212. The molecule has 2 rings (SSSR count). The molecule has 1 aromatic carbocycles. The maximum absolute atomic E-state index is 13.6. The van der Waals surface area contributed by atoms with Crippen molar-refractivity contribution in [2.75, 3.05) is 20.1 Å². The van der Waals surface area contributed by atoms with Gasteiger partial charge in [-0.15, -0.1) is 0 Å². The summed E-state index contributed by atoms with van der Waals surface area (Å²) in [6.07, 6.45) is 5.32. The van der Waals surface area contributed by atoms with Gasteiger partial charge in [0.25, 0.3) is 0 Å². The van der Waals surface area contributed by atoms with Gasteiger partial charge in [0.15, 0.2) is 0 Å². The first kappa shape index (κ1) is 14.9. The molecule has 19 heavy (non-hydrogen) atoms. The van der Waals surface area contributed by atoms with E-state index in [2.05, 4.69) is 27.9 Å². The molecule has 0 spiro atoms. The van der Waals surface area contributed by atoms with E-state index in [1.54, 1.807) is 12.1 Å². The van der Waals surface area contributed by atoms with Crippen LogP contribution < -0.4 is 5.73 Å². The fraction of sp³-hybridized carbons (Fsp3) is 0.600. The summed E-state index contributed by atoms with van der Waals surface area (Å²) in [7, 11) is 2.09. The Bertz CT molecular complexity index is 419. The van der Waals surface area contributed by atoms with Crippen molar-refractivity contribution in [2.24, 2.45) is 11.7 Å². The highest BCUT2D eigenvalue weighted by Crippen LogP contribution is 2.29. The zero-order chi connectivity index (χ0) is 13.8. The number of hydrogen-bond acceptors (Lipinski definition) is 2. The van der Waals surface area contributed by atoms with Crippen LogP contribution in [0.5, 0.6) is 0 Å². The smallest absolute Gasteiger partial charge is 0.137 e. The first-order chi connectivity index (χ1) is 9.11. The van der Waals surface area contributed by atoms with Gasteiger partial charge < -0.3 is 5.73 Å². The first-order valence-electron chi connectivity index (χ1n) is 6.97. The molecule has 0 bridgehead atoms. The molecule has 1 aliphatic rings. The predicted octanol–water partition coefficient (Wildman–Crippen LogP) is 3.71. The molecule has 4 heteroatoms. The van der Waals surface area contributed by atoms with Crippen molar-refractivity contribution in [1.29, 1.82) is 0 Å². The normalized spacial score (nSPS) is 18.2. The lowest BCUT2D eigenvalue weighted by Crippen LogP contribution is -2.33. The van der Waals surface area contributed by atoms with E-state index < -0.39 is 0 Å². The molecule has 1 aromatic rings. The molecule has 0 aromatic heterocycles. The van der Waals surface area contributed by atoms with Gasteiger partial charge >= 0.3 is 0 Å². The van der Waals surface area contributed by atoms with Crippen LogP contribution in [0.25, 0.3) is 0 Å². The van der Waals surface area contributed by atoms with Crippen molar-refractivity contribution in [2.45, 2.75) is 31.7 Å². The van der Waals surface area contributed by atoms with E-state index in [1.807, 2.05) is 6.07 Å². The highest BCUT2D eigenvalue weighted by atomic mass is 79.9. The SMILES string of the molecule is CN(CC1CCCC1)C(CN)c1ccc(Br)c(F)c1. The van der Waals surface area contributed by atoms with Gasteiger partial charge in [0.2, 0.25) is 0 Å². The molecule has 2 nitrogen and oxygen atoms in total. The standard InChI is InChI=1S/C15H22BrFN2/c1-19(10-11-4-2-3-5-11)15(9-18)12-6-7-13(16)14(17)8-12/h6-8,11,15H,2-5,9-10,18H2,1H3. The van der Waals surface area contributed by atoms with E-state index in [0.29, 0.717) is 11.0 Å². The van der Waals surface area contributed by atoms with Gasteiger partial charge in [-0.05, 0) is 59.4 Å². The number of benzene rings is 1. The number of halogens is 2. The Morgan fingerprint density at radius 1 is 1.42 bits per heavy atom. The molecule has 1 atom stereocenters. The van der Waals surface area contributed by atoms with E-state index in [4.69, 9.17) is 5.73 Å². The Balaban J connectivity index is 2.06. The average molecular weight is 329 g/mol. The molecule has 1 saturated carbocycles. The maximum atomic E-state index is 13.6. The van der Waals surface area contributed by atoms with Gasteiger partial charge in [-0.3, -0.25) is 4.90 Å². The molecule has 1 aliphatic carbocycles. The van der Waals surface area contributed by atoms with Crippen LogP contribution in [0, 0.1) is 11.7 Å². The summed E-state index contributed by atoms with van der Waals surface area (Å²) in [5.41, 5.74) is 6.85. The van der Waals surface area contributed by atoms with Crippen molar-refractivity contribution in [3.8, 4) is 0 Å². The van der Waals surface area contributed by atoms with Gasteiger partial charge in [0, 0.05) is 19.1 Å². The largest absolute Gasteiger partial charge is 0.329 e. The topological polar surface area (TPSA) is 29.3 Å². The molecular formula is C15H22BrFN2. The zero-order valence-electron chi connectivity index (χ0n) is 11.4. The number of hydrogen-bond donors (Lipinski definition) is 1. The molecule has 0 amide bonds. The van der Waals surface area contributed by atoms with Crippen molar-refractivity contribution >= 4 is 15.9 Å². The minimum Gasteiger partial charge on any atom is -0.329 e. The highest BCUT2D eigenvalue weighted by Gasteiger charge is 2.22. The predicted molar refractivity (Wildman–Crippen MR) is 80.5 cm³/mol. The minimum absolute atomic E-state index is 0.100. The number of rotatable bonds is 5. The Hall–Kier alpha value is -0.450. The van der Waals surface area contributed by atoms with Crippen LogP contribution in [0.4, 0.5) is 4.39 Å². The van der Waals surface area contributed by atoms with Crippen molar-refractivity contribution in [1.82, 2.24) is 4.90 Å². The summed E-state index contributed by atoms with van der Waals surface area (Å²) in [4.78, 5) is 2.28. The number of nitrogens with zero attached hydrogens (tertiary/aromatic N) is 1. The van der Waals surface area contributed by atoms with E-state index >= 15 is 0 Å². The van der Waals surface area contributed by atoms with Crippen LogP contribution in [0.1, 0.15) is 37.3 Å². The molecule has 106 valence electrons. The fourth-order valence-corrected chi connectivity index (χ4v) is 3.26. The van der Waals surface area contributed by atoms with Crippen LogP contribution in [0.15, 0.2) is 22.7 Å². The maximum Gasteiger partial charge on any atom is 0.137 e. The summed E-state index contributed by atoms with van der Waals surface area (Å²) >= 11 is 3.19. The van der Waals surface area contributed by atoms with E-state index in [0.717, 1.165) is 18.0 Å². The Labute approximate surface area is 123 Å². The summed E-state index contributed by atoms with van der Waals surface area (Å²) in [5.74, 6) is 0.560. The van der Waals surface area contributed by atoms with Crippen LogP contribution >= 0.6 is 15.9 Å². The quantitative estimate of drug-likeness (QED) is 0.892. The van der Waals surface area contributed by atoms with Crippen LogP contribution in [-0.4, -0.2) is 25.0 Å². The monoisotopic (exact) mass is 328 g/mol. The third kappa shape index (κ3) is 3.77. The third-order valence-corrected chi connectivity index (χ3v) is 4.75. The van der Waals surface area contributed by atoms with Crippen LogP contribution in [0.3, 0.4) is 0 Å².